The summed E-state index contributed by atoms with van der Waals surface area (Å²) in [5, 5.41) is 3.69. The summed E-state index contributed by atoms with van der Waals surface area (Å²) in [5.74, 6) is 0.837. The van der Waals surface area contributed by atoms with Crippen LogP contribution in [0.15, 0.2) is 30.2 Å². The highest BCUT2D eigenvalue weighted by Gasteiger charge is 2.23. The standard InChI is InChI=1S/C14H19N5S/c1-11(13-8-15-10-20-13)18-12-4-2-7-19(9-12)14-16-5-3-6-17-14/h3,5-6,8,10-12,18H,2,4,7,9H2,1H3. The molecule has 2 atom stereocenters. The van der Waals surface area contributed by atoms with Crippen LogP contribution in [-0.2, 0) is 0 Å². The van der Waals surface area contributed by atoms with Gasteiger partial charge in [0.25, 0.3) is 0 Å². The lowest BCUT2D eigenvalue weighted by atomic mass is 10.0. The van der Waals surface area contributed by atoms with Crippen LogP contribution in [0.25, 0.3) is 0 Å². The SMILES string of the molecule is CC(NC1CCCN(c2ncccn2)C1)c1cncs1. The van der Waals surface area contributed by atoms with Crippen LogP contribution < -0.4 is 10.2 Å². The number of nitrogens with one attached hydrogen (secondary N) is 1. The van der Waals surface area contributed by atoms with Crippen LogP contribution in [0.2, 0.25) is 0 Å². The second-order valence-corrected chi connectivity index (χ2v) is 6.04. The molecule has 0 amide bonds. The Balaban J connectivity index is 1.61. The molecule has 2 aromatic heterocycles. The first kappa shape index (κ1) is 13.5. The van der Waals surface area contributed by atoms with Crippen LogP contribution in [0, 0.1) is 0 Å². The van der Waals surface area contributed by atoms with Gasteiger partial charge in [0, 0.05) is 48.6 Å². The van der Waals surface area contributed by atoms with Crippen LogP contribution in [-0.4, -0.2) is 34.1 Å². The number of hydrogen-bond acceptors (Lipinski definition) is 6. The van der Waals surface area contributed by atoms with E-state index in [1.807, 2.05) is 17.8 Å². The fraction of sp³-hybridized carbons (Fsp3) is 0.500. The molecule has 0 bridgehead atoms. The van der Waals surface area contributed by atoms with Crippen LogP contribution in [0.5, 0.6) is 0 Å². The molecule has 1 aliphatic rings. The van der Waals surface area contributed by atoms with Gasteiger partial charge in [-0.3, -0.25) is 4.98 Å². The molecule has 0 saturated carbocycles. The molecule has 0 aliphatic carbocycles. The van der Waals surface area contributed by atoms with E-state index in [9.17, 15) is 0 Å². The molecule has 1 fully saturated rings. The molecule has 2 aromatic rings. The number of rotatable bonds is 4. The molecule has 0 radical (unpaired) electrons. The van der Waals surface area contributed by atoms with Crippen molar-refractivity contribution in [2.45, 2.75) is 31.8 Å². The maximum atomic E-state index is 4.34. The zero-order valence-electron chi connectivity index (χ0n) is 11.6. The topological polar surface area (TPSA) is 53.9 Å². The molecule has 2 unspecified atom stereocenters. The molecule has 1 aliphatic heterocycles. The van der Waals surface area contributed by atoms with Gasteiger partial charge < -0.3 is 10.2 Å². The average molecular weight is 289 g/mol. The zero-order chi connectivity index (χ0) is 13.8. The molecule has 5 nitrogen and oxygen atoms in total. The highest BCUT2D eigenvalue weighted by atomic mass is 32.1. The van der Waals surface area contributed by atoms with Crippen molar-refractivity contribution < 1.29 is 0 Å². The second kappa shape index (κ2) is 6.28. The van der Waals surface area contributed by atoms with Crippen LogP contribution in [0.3, 0.4) is 0 Å². The van der Waals surface area contributed by atoms with Gasteiger partial charge in [0.1, 0.15) is 0 Å². The van der Waals surface area contributed by atoms with Crippen molar-refractivity contribution in [3.05, 3.63) is 35.0 Å². The lowest BCUT2D eigenvalue weighted by molar-refractivity contribution is 0.388. The van der Waals surface area contributed by atoms with Crippen molar-refractivity contribution >= 4 is 17.3 Å². The Morgan fingerprint density at radius 2 is 2.25 bits per heavy atom. The van der Waals surface area contributed by atoms with Gasteiger partial charge >= 0.3 is 0 Å². The Labute approximate surface area is 123 Å². The van der Waals surface area contributed by atoms with Gasteiger partial charge in [0.05, 0.1) is 5.51 Å². The summed E-state index contributed by atoms with van der Waals surface area (Å²) in [4.78, 5) is 16.4. The van der Waals surface area contributed by atoms with Gasteiger partial charge in [-0.25, -0.2) is 9.97 Å². The van der Waals surface area contributed by atoms with E-state index in [0.717, 1.165) is 19.0 Å². The van der Waals surface area contributed by atoms with E-state index in [1.54, 1.807) is 23.7 Å². The predicted molar refractivity (Wildman–Crippen MR) is 80.9 cm³/mol. The van der Waals surface area contributed by atoms with Crippen LogP contribution in [0.1, 0.15) is 30.7 Å². The average Bonchev–Trinajstić information content (AvgIpc) is 3.03. The minimum Gasteiger partial charge on any atom is -0.339 e. The van der Waals surface area contributed by atoms with Gasteiger partial charge in [-0.1, -0.05) is 0 Å². The van der Waals surface area contributed by atoms with E-state index >= 15 is 0 Å². The van der Waals surface area contributed by atoms with Crippen LogP contribution in [0.4, 0.5) is 5.95 Å². The van der Waals surface area contributed by atoms with Crippen molar-refractivity contribution in [1.29, 1.82) is 0 Å². The maximum Gasteiger partial charge on any atom is 0.225 e. The van der Waals surface area contributed by atoms with Crippen molar-refractivity contribution in [1.82, 2.24) is 20.3 Å². The smallest absolute Gasteiger partial charge is 0.225 e. The molecule has 106 valence electrons. The fourth-order valence-electron chi connectivity index (χ4n) is 2.62. The summed E-state index contributed by atoms with van der Waals surface area (Å²) < 4.78 is 0. The van der Waals surface area contributed by atoms with Gasteiger partial charge in [-0.15, -0.1) is 11.3 Å². The summed E-state index contributed by atoms with van der Waals surface area (Å²) in [6.07, 6.45) is 7.93. The molecule has 1 saturated heterocycles. The number of aromatic nitrogens is 3. The van der Waals surface area contributed by atoms with Gasteiger partial charge in [-0.2, -0.15) is 0 Å². The lowest BCUT2D eigenvalue weighted by Crippen LogP contribution is -2.46. The normalized spacial score (nSPS) is 20.9. The third kappa shape index (κ3) is 3.13. The Morgan fingerprint density at radius 1 is 1.40 bits per heavy atom. The summed E-state index contributed by atoms with van der Waals surface area (Å²) in [6, 6.07) is 2.68. The van der Waals surface area contributed by atoms with Crippen LogP contribution >= 0.6 is 11.3 Å². The van der Waals surface area contributed by atoms with E-state index in [-0.39, 0.29) is 0 Å². The van der Waals surface area contributed by atoms with Gasteiger partial charge in [0.2, 0.25) is 5.95 Å². The van der Waals surface area contributed by atoms with E-state index in [4.69, 9.17) is 0 Å². The highest BCUT2D eigenvalue weighted by molar-refractivity contribution is 7.09. The van der Waals surface area contributed by atoms with Crippen molar-refractivity contribution in [2.24, 2.45) is 0 Å². The third-order valence-electron chi connectivity index (χ3n) is 3.62. The molecule has 3 rings (SSSR count). The third-order valence-corrected chi connectivity index (χ3v) is 4.58. The van der Waals surface area contributed by atoms with Crippen molar-refractivity contribution in [3.63, 3.8) is 0 Å². The summed E-state index contributed by atoms with van der Waals surface area (Å²) in [6.45, 7) is 4.20. The minimum atomic E-state index is 0.351. The van der Waals surface area contributed by atoms with Crippen molar-refractivity contribution in [3.8, 4) is 0 Å². The number of thiazole rings is 1. The molecule has 1 N–H and O–H groups in total. The second-order valence-electron chi connectivity index (χ2n) is 5.13. The highest BCUT2D eigenvalue weighted by Crippen LogP contribution is 2.21. The van der Waals surface area contributed by atoms with Gasteiger partial charge in [-0.05, 0) is 25.8 Å². The molecule has 3 heterocycles. The molecule has 0 aromatic carbocycles. The number of nitrogens with zero attached hydrogens (tertiary/aromatic N) is 4. The molecule has 20 heavy (non-hydrogen) atoms. The Bertz CT molecular complexity index is 516. The molecule has 6 heteroatoms. The van der Waals surface area contributed by atoms with Gasteiger partial charge in [0.15, 0.2) is 0 Å². The number of piperidine rings is 1. The first-order chi connectivity index (χ1) is 9.83. The summed E-state index contributed by atoms with van der Waals surface area (Å²) in [7, 11) is 0. The largest absolute Gasteiger partial charge is 0.339 e. The van der Waals surface area contributed by atoms with E-state index < -0.39 is 0 Å². The quantitative estimate of drug-likeness (QED) is 0.935. The fourth-order valence-corrected chi connectivity index (χ4v) is 3.26. The summed E-state index contributed by atoms with van der Waals surface area (Å²) >= 11 is 1.70. The summed E-state index contributed by atoms with van der Waals surface area (Å²) in [5.41, 5.74) is 1.89. The maximum absolute atomic E-state index is 4.34. The number of hydrogen-bond donors (Lipinski definition) is 1. The number of anilines is 1. The molecular formula is C14H19N5S. The Kier molecular flexibility index (Phi) is 4.22. The predicted octanol–water partition coefficient (Wildman–Crippen LogP) is 2.25. The van der Waals surface area contributed by atoms with E-state index in [0.29, 0.717) is 12.1 Å². The van der Waals surface area contributed by atoms with E-state index in [2.05, 4.69) is 32.1 Å². The first-order valence-corrected chi connectivity index (χ1v) is 7.87. The zero-order valence-corrected chi connectivity index (χ0v) is 12.4. The lowest BCUT2D eigenvalue weighted by Gasteiger charge is -2.34. The van der Waals surface area contributed by atoms with E-state index in [1.165, 1.54) is 17.7 Å². The monoisotopic (exact) mass is 289 g/mol. The molecular weight excluding hydrogens is 270 g/mol. The van der Waals surface area contributed by atoms with Crippen molar-refractivity contribution in [2.75, 3.05) is 18.0 Å². The molecule has 0 spiro atoms. The minimum absolute atomic E-state index is 0.351. The first-order valence-electron chi connectivity index (χ1n) is 6.99. The Hall–Kier alpha value is -1.53. The Morgan fingerprint density at radius 3 is 3.00 bits per heavy atom.